The minimum Gasteiger partial charge on any atom is -0.459 e. The third kappa shape index (κ3) is 3.67. The number of hydrogen-bond donors (Lipinski definition) is 3. The summed E-state index contributed by atoms with van der Waals surface area (Å²) < 4.78 is 5.70. The zero-order chi connectivity index (χ0) is 23.4. The molecule has 4 saturated carbocycles. The molecular formula is C27H44O5. The fourth-order valence-corrected chi connectivity index (χ4v) is 8.88. The largest absolute Gasteiger partial charge is 0.459 e. The van der Waals surface area contributed by atoms with E-state index in [1.165, 1.54) is 0 Å². The van der Waals surface area contributed by atoms with Gasteiger partial charge in [-0.15, -0.1) is 0 Å². The molecule has 0 bridgehead atoms. The molecule has 0 saturated heterocycles. The average molecular weight is 449 g/mol. The van der Waals surface area contributed by atoms with E-state index < -0.39 is 0 Å². The maximum Gasteiger partial charge on any atom is 0.333 e. The van der Waals surface area contributed by atoms with Gasteiger partial charge in [-0.3, -0.25) is 0 Å². The summed E-state index contributed by atoms with van der Waals surface area (Å²) in [5.74, 6) is 1.62. The predicted octanol–water partition coefficient (Wildman–Crippen LogP) is 4.09. The summed E-state index contributed by atoms with van der Waals surface area (Å²) in [6.45, 7) is 12.4. The number of hydrogen-bond acceptors (Lipinski definition) is 5. The van der Waals surface area contributed by atoms with Gasteiger partial charge in [0.2, 0.25) is 0 Å². The number of aliphatic hydroxyl groups excluding tert-OH is 3. The van der Waals surface area contributed by atoms with Gasteiger partial charge in [0.1, 0.15) is 6.10 Å². The van der Waals surface area contributed by atoms with Crippen LogP contribution >= 0.6 is 0 Å². The smallest absolute Gasteiger partial charge is 0.333 e. The van der Waals surface area contributed by atoms with Gasteiger partial charge >= 0.3 is 5.97 Å². The van der Waals surface area contributed by atoms with Crippen molar-refractivity contribution < 1.29 is 24.9 Å². The molecule has 3 N–H and O–H groups in total. The van der Waals surface area contributed by atoms with Crippen LogP contribution in [0.4, 0.5) is 0 Å². The molecule has 11 unspecified atom stereocenters. The van der Waals surface area contributed by atoms with Gasteiger partial charge in [-0.2, -0.15) is 0 Å². The third-order valence-electron chi connectivity index (χ3n) is 10.7. The first-order chi connectivity index (χ1) is 15.0. The minimum absolute atomic E-state index is 0.0626. The quantitative estimate of drug-likeness (QED) is 0.436. The first kappa shape index (κ1) is 24.2. The molecule has 5 nitrogen and oxygen atoms in total. The monoisotopic (exact) mass is 448 g/mol. The van der Waals surface area contributed by atoms with Gasteiger partial charge in [-0.25, -0.2) is 4.79 Å². The average Bonchev–Trinajstić information content (AvgIpc) is 3.08. The second kappa shape index (κ2) is 8.70. The number of carbonyl (C=O) groups is 1. The molecule has 4 aliphatic carbocycles. The number of esters is 1. The molecule has 4 fully saturated rings. The number of fused-ring (bicyclic) bond motifs is 5. The highest BCUT2D eigenvalue weighted by Crippen LogP contribution is 2.68. The van der Waals surface area contributed by atoms with Crippen LogP contribution in [-0.4, -0.2) is 46.2 Å². The lowest BCUT2D eigenvalue weighted by Gasteiger charge is -2.63. The van der Waals surface area contributed by atoms with Crippen molar-refractivity contribution in [2.24, 2.45) is 46.3 Å². The lowest BCUT2D eigenvalue weighted by Crippen LogP contribution is -2.62. The Bertz CT molecular complexity index is 736. The predicted molar refractivity (Wildman–Crippen MR) is 124 cm³/mol. The summed E-state index contributed by atoms with van der Waals surface area (Å²) in [6, 6.07) is 0. The summed E-state index contributed by atoms with van der Waals surface area (Å²) in [5.41, 5.74) is 0.310. The fraction of sp³-hybridized carbons (Fsp3) is 0.889. The van der Waals surface area contributed by atoms with Gasteiger partial charge in [0.05, 0.1) is 12.2 Å². The number of ether oxygens (including phenoxy) is 1. The number of carbonyl (C=O) groups excluding carboxylic acids is 1. The maximum atomic E-state index is 12.1. The van der Waals surface area contributed by atoms with Crippen LogP contribution in [0.3, 0.4) is 0 Å². The summed E-state index contributed by atoms with van der Waals surface area (Å²) in [4.78, 5) is 12.1. The second-order valence-electron chi connectivity index (χ2n) is 12.2. The molecule has 4 rings (SSSR count). The molecule has 32 heavy (non-hydrogen) atoms. The van der Waals surface area contributed by atoms with E-state index in [-0.39, 0.29) is 47.6 Å². The van der Waals surface area contributed by atoms with E-state index in [1.54, 1.807) is 6.92 Å². The zero-order valence-electron chi connectivity index (χ0n) is 20.4. The highest BCUT2D eigenvalue weighted by molar-refractivity contribution is 5.87. The molecule has 0 aliphatic heterocycles. The van der Waals surface area contributed by atoms with Gasteiger partial charge < -0.3 is 20.1 Å². The molecule has 182 valence electrons. The van der Waals surface area contributed by atoms with Gasteiger partial charge in [0, 0.05) is 12.2 Å². The fourth-order valence-electron chi connectivity index (χ4n) is 8.88. The van der Waals surface area contributed by atoms with Crippen molar-refractivity contribution in [3.8, 4) is 0 Å². The highest BCUT2D eigenvalue weighted by Gasteiger charge is 2.65. The van der Waals surface area contributed by atoms with Crippen molar-refractivity contribution in [1.29, 1.82) is 0 Å². The Morgan fingerprint density at radius 3 is 2.50 bits per heavy atom. The molecule has 5 heteroatoms. The van der Waals surface area contributed by atoms with Crippen LogP contribution in [0.2, 0.25) is 0 Å². The number of aliphatic hydroxyl groups is 3. The standard InChI is InChI=1S/C27H44O5/c1-15(2)25(31)32-18-8-10-26(4)17(12-18)13-22(29)24-20-7-6-19(16(3)9-11-28)27(20,5)23(30)14-21(24)26/h16-24,28-30H,1,6-14H2,2-5H3. The van der Waals surface area contributed by atoms with Gasteiger partial charge in [0.25, 0.3) is 0 Å². The summed E-state index contributed by atoms with van der Waals surface area (Å²) in [7, 11) is 0. The van der Waals surface area contributed by atoms with Crippen LogP contribution in [0.5, 0.6) is 0 Å². The molecule has 11 atom stereocenters. The number of rotatable bonds is 5. The van der Waals surface area contributed by atoms with E-state index in [9.17, 15) is 20.1 Å². The van der Waals surface area contributed by atoms with E-state index in [0.29, 0.717) is 35.2 Å². The normalized spacial score (nSPS) is 48.8. The summed E-state index contributed by atoms with van der Waals surface area (Å²) in [5, 5.41) is 32.5. The van der Waals surface area contributed by atoms with Crippen LogP contribution < -0.4 is 0 Å². The van der Waals surface area contributed by atoms with Crippen LogP contribution in [0.15, 0.2) is 12.2 Å². The lowest BCUT2D eigenvalue weighted by atomic mass is 9.43. The molecular weight excluding hydrogens is 404 g/mol. The second-order valence-corrected chi connectivity index (χ2v) is 12.2. The zero-order valence-corrected chi connectivity index (χ0v) is 20.4. The Labute approximate surface area is 193 Å². The highest BCUT2D eigenvalue weighted by atomic mass is 16.5. The Hall–Kier alpha value is -0.910. The van der Waals surface area contributed by atoms with Crippen molar-refractivity contribution in [3.63, 3.8) is 0 Å². The first-order valence-electron chi connectivity index (χ1n) is 12.9. The molecule has 0 aromatic heterocycles. The van der Waals surface area contributed by atoms with Crippen LogP contribution in [0.1, 0.15) is 79.1 Å². The first-order valence-corrected chi connectivity index (χ1v) is 12.9. The molecule has 0 aromatic carbocycles. The SMILES string of the molecule is C=C(C)C(=O)OC1CCC2(C)C(C1)CC(O)C1C2CC(O)C2(C)C(C(C)CCO)CCC12. The topological polar surface area (TPSA) is 87.0 Å². The van der Waals surface area contributed by atoms with E-state index in [4.69, 9.17) is 4.74 Å². The Kier molecular flexibility index (Phi) is 6.59. The van der Waals surface area contributed by atoms with E-state index in [1.807, 2.05) is 0 Å². The van der Waals surface area contributed by atoms with Crippen molar-refractivity contribution in [2.75, 3.05) is 6.61 Å². The molecule has 0 aromatic rings. The van der Waals surface area contributed by atoms with E-state index >= 15 is 0 Å². The van der Waals surface area contributed by atoms with E-state index in [2.05, 4.69) is 27.4 Å². The van der Waals surface area contributed by atoms with Crippen molar-refractivity contribution in [3.05, 3.63) is 12.2 Å². The van der Waals surface area contributed by atoms with Gasteiger partial charge in [-0.1, -0.05) is 27.4 Å². The Morgan fingerprint density at radius 2 is 1.84 bits per heavy atom. The Balaban J connectivity index is 1.56. The van der Waals surface area contributed by atoms with Crippen LogP contribution in [0.25, 0.3) is 0 Å². The van der Waals surface area contributed by atoms with Gasteiger partial charge in [-0.05, 0) is 105 Å². The van der Waals surface area contributed by atoms with Gasteiger partial charge in [0.15, 0.2) is 0 Å². The summed E-state index contributed by atoms with van der Waals surface area (Å²) in [6.07, 6.45) is 6.21. The van der Waals surface area contributed by atoms with E-state index in [0.717, 1.165) is 51.4 Å². The van der Waals surface area contributed by atoms with Crippen LogP contribution in [0, 0.1) is 46.3 Å². The van der Waals surface area contributed by atoms with Crippen LogP contribution in [-0.2, 0) is 9.53 Å². The minimum atomic E-state index is -0.371. The van der Waals surface area contributed by atoms with Crippen molar-refractivity contribution in [1.82, 2.24) is 0 Å². The van der Waals surface area contributed by atoms with Crippen molar-refractivity contribution >= 4 is 5.97 Å². The Morgan fingerprint density at radius 1 is 1.12 bits per heavy atom. The van der Waals surface area contributed by atoms with Crippen molar-refractivity contribution in [2.45, 2.75) is 97.4 Å². The lowest BCUT2D eigenvalue weighted by molar-refractivity contribution is -0.209. The maximum absolute atomic E-state index is 12.1. The molecule has 0 amide bonds. The summed E-state index contributed by atoms with van der Waals surface area (Å²) >= 11 is 0. The molecule has 0 radical (unpaired) electrons. The molecule has 4 aliphatic rings. The molecule has 0 heterocycles. The molecule has 0 spiro atoms. The third-order valence-corrected chi connectivity index (χ3v) is 10.7.